The van der Waals surface area contributed by atoms with Crippen molar-refractivity contribution in [2.75, 3.05) is 27.2 Å². The molecule has 0 saturated heterocycles. The standard InChI is InChI=1S/C15H21N3/c1-18(2)10-9-17-15(12-16)8-7-13-5-3-4-6-14(13)11-15/h3-6,17H,7-11H2,1-2H3. The summed E-state index contributed by atoms with van der Waals surface area (Å²) in [5.74, 6) is 0. The van der Waals surface area contributed by atoms with Crippen LogP contribution in [-0.2, 0) is 12.8 Å². The first kappa shape index (κ1) is 13.1. The molecule has 0 radical (unpaired) electrons. The van der Waals surface area contributed by atoms with E-state index in [9.17, 15) is 5.26 Å². The third kappa shape index (κ3) is 2.90. The maximum Gasteiger partial charge on any atom is 0.111 e. The summed E-state index contributed by atoms with van der Waals surface area (Å²) in [4.78, 5) is 2.13. The lowest BCUT2D eigenvalue weighted by molar-refractivity contribution is 0.328. The van der Waals surface area contributed by atoms with Crippen molar-refractivity contribution in [2.45, 2.75) is 24.8 Å². The van der Waals surface area contributed by atoms with Crippen LogP contribution in [0.2, 0.25) is 0 Å². The van der Waals surface area contributed by atoms with E-state index in [1.165, 1.54) is 11.1 Å². The molecule has 18 heavy (non-hydrogen) atoms. The lowest BCUT2D eigenvalue weighted by Crippen LogP contribution is -2.50. The fourth-order valence-electron chi connectivity index (χ4n) is 2.54. The Hall–Kier alpha value is -1.37. The normalized spacial score (nSPS) is 22.6. The molecule has 2 rings (SSSR count). The summed E-state index contributed by atoms with van der Waals surface area (Å²) in [6.07, 6.45) is 2.74. The van der Waals surface area contributed by atoms with Gasteiger partial charge in [0, 0.05) is 19.5 Å². The van der Waals surface area contributed by atoms with Gasteiger partial charge in [0.2, 0.25) is 0 Å². The van der Waals surface area contributed by atoms with E-state index in [0.717, 1.165) is 32.4 Å². The van der Waals surface area contributed by atoms with E-state index in [4.69, 9.17) is 0 Å². The van der Waals surface area contributed by atoms with Gasteiger partial charge in [0.05, 0.1) is 6.07 Å². The summed E-state index contributed by atoms with van der Waals surface area (Å²) < 4.78 is 0. The molecule has 3 nitrogen and oxygen atoms in total. The number of hydrogen-bond acceptors (Lipinski definition) is 3. The van der Waals surface area contributed by atoms with Gasteiger partial charge in [0.15, 0.2) is 0 Å². The molecular weight excluding hydrogens is 222 g/mol. The van der Waals surface area contributed by atoms with Crippen LogP contribution in [0.3, 0.4) is 0 Å². The van der Waals surface area contributed by atoms with Gasteiger partial charge in [-0.05, 0) is 38.1 Å². The van der Waals surface area contributed by atoms with Crippen molar-refractivity contribution in [1.82, 2.24) is 10.2 Å². The molecule has 0 heterocycles. The van der Waals surface area contributed by atoms with Crippen molar-refractivity contribution in [2.24, 2.45) is 0 Å². The molecule has 0 aliphatic heterocycles. The summed E-state index contributed by atoms with van der Waals surface area (Å²) in [6, 6.07) is 11.0. The molecule has 0 spiro atoms. The average Bonchev–Trinajstić information content (AvgIpc) is 2.38. The number of nitriles is 1. The van der Waals surface area contributed by atoms with Crippen LogP contribution in [0.5, 0.6) is 0 Å². The molecule has 0 aromatic heterocycles. The highest BCUT2D eigenvalue weighted by Gasteiger charge is 2.33. The van der Waals surface area contributed by atoms with Gasteiger partial charge in [-0.3, -0.25) is 5.32 Å². The fraction of sp³-hybridized carbons (Fsp3) is 0.533. The van der Waals surface area contributed by atoms with Gasteiger partial charge in [-0.15, -0.1) is 0 Å². The molecule has 1 N–H and O–H groups in total. The monoisotopic (exact) mass is 243 g/mol. The second-order valence-corrected chi connectivity index (χ2v) is 5.37. The maximum atomic E-state index is 9.51. The molecule has 1 aromatic rings. The van der Waals surface area contributed by atoms with Crippen LogP contribution < -0.4 is 5.32 Å². The smallest absolute Gasteiger partial charge is 0.111 e. The predicted molar refractivity (Wildman–Crippen MR) is 73.4 cm³/mol. The zero-order valence-electron chi connectivity index (χ0n) is 11.2. The summed E-state index contributed by atoms with van der Waals surface area (Å²) >= 11 is 0. The molecule has 3 heteroatoms. The number of nitrogens with zero attached hydrogens (tertiary/aromatic N) is 2. The summed E-state index contributed by atoms with van der Waals surface area (Å²) in [7, 11) is 4.10. The topological polar surface area (TPSA) is 39.1 Å². The first-order valence-electron chi connectivity index (χ1n) is 6.53. The summed E-state index contributed by atoms with van der Waals surface area (Å²) in [5.41, 5.74) is 2.35. The Morgan fingerprint density at radius 2 is 2.06 bits per heavy atom. The lowest BCUT2D eigenvalue weighted by Gasteiger charge is -2.33. The second-order valence-electron chi connectivity index (χ2n) is 5.37. The minimum absolute atomic E-state index is 0.371. The Kier molecular flexibility index (Phi) is 4.00. The van der Waals surface area contributed by atoms with E-state index < -0.39 is 0 Å². The van der Waals surface area contributed by atoms with Crippen LogP contribution in [0.4, 0.5) is 0 Å². The highest BCUT2D eigenvalue weighted by atomic mass is 15.1. The van der Waals surface area contributed by atoms with Crippen LogP contribution in [0.15, 0.2) is 24.3 Å². The summed E-state index contributed by atoms with van der Waals surface area (Å²) in [5, 5.41) is 13.0. The van der Waals surface area contributed by atoms with Crippen molar-refractivity contribution < 1.29 is 0 Å². The van der Waals surface area contributed by atoms with Gasteiger partial charge in [-0.1, -0.05) is 24.3 Å². The maximum absolute atomic E-state index is 9.51. The SMILES string of the molecule is CN(C)CCNC1(C#N)CCc2ccccc2C1. The second kappa shape index (κ2) is 5.51. The molecule has 0 bridgehead atoms. The third-order valence-electron chi connectivity index (χ3n) is 3.67. The average molecular weight is 243 g/mol. The van der Waals surface area contributed by atoms with Gasteiger partial charge in [0.25, 0.3) is 0 Å². The van der Waals surface area contributed by atoms with Crippen molar-refractivity contribution in [1.29, 1.82) is 5.26 Å². The zero-order valence-corrected chi connectivity index (χ0v) is 11.2. The molecule has 1 unspecified atom stereocenters. The molecule has 1 aliphatic rings. The van der Waals surface area contributed by atoms with Crippen LogP contribution in [-0.4, -0.2) is 37.6 Å². The molecule has 1 aromatic carbocycles. The minimum atomic E-state index is -0.371. The summed E-state index contributed by atoms with van der Waals surface area (Å²) in [6.45, 7) is 1.83. The Balaban J connectivity index is 2.05. The van der Waals surface area contributed by atoms with Crippen molar-refractivity contribution in [3.8, 4) is 6.07 Å². The molecule has 0 saturated carbocycles. The molecular formula is C15H21N3. The van der Waals surface area contributed by atoms with Gasteiger partial charge < -0.3 is 4.90 Å². The van der Waals surface area contributed by atoms with Crippen molar-refractivity contribution >= 4 is 0 Å². The van der Waals surface area contributed by atoms with Gasteiger partial charge in [-0.2, -0.15) is 5.26 Å². The van der Waals surface area contributed by atoms with Gasteiger partial charge >= 0.3 is 0 Å². The quantitative estimate of drug-likeness (QED) is 0.873. The number of likely N-dealkylation sites (N-methyl/N-ethyl adjacent to an activating group) is 1. The van der Waals surface area contributed by atoms with Crippen molar-refractivity contribution in [3.63, 3.8) is 0 Å². The van der Waals surface area contributed by atoms with Crippen molar-refractivity contribution in [3.05, 3.63) is 35.4 Å². The van der Waals surface area contributed by atoms with Gasteiger partial charge in [-0.25, -0.2) is 0 Å². The Morgan fingerprint density at radius 3 is 2.72 bits per heavy atom. The van der Waals surface area contributed by atoms with E-state index in [2.05, 4.69) is 54.6 Å². The third-order valence-corrected chi connectivity index (χ3v) is 3.67. The first-order chi connectivity index (χ1) is 8.65. The highest BCUT2D eigenvalue weighted by molar-refractivity contribution is 5.34. The van der Waals surface area contributed by atoms with Crippen LogP contribution in [0.1, 0.15) is 17.5 Å². The van der Waals surface area contributed by atoms with Crippen LogP contribution in [0, 0.1) is 11.3 Å². The van der Waals surface area contributed by atoms with Crippen LogP contribution in [0.25, 0.3) is 0 Å². The number of benzene rings is 1. The molecule has 0 amide bonds. The number of aryl methyl sites for hydroxylation is 1. The van der Waals surface area contributed by atoms with E-state index in [1.807, 2.05) is 0 Å². The van der Waals surface area contributed by atoms with Gasteiger partial charge in [0.1, 0.15) is 5.54 Å². The lowest BCUT2D eigenvalue weighted by atomic mass is 9.79. The Bertz CT molecular complexity index is 447. The fourth-order valence-corrected chi connectivity index (χ4v) is 2.54. The van der Waals surface area contributed by atoms with Crippen LogP contribution >= 0.6 is 0 Å². The number of fused-ring (bicyclic) bond motifs is 1. The van der Waals surface area contributed by atoms with E-state index in [1.54, 1.807) is 0 Å². The Labute approximate surface area is 109 Å². The van der Waals surface area contributed by atoms with E-state index in [0.29, 0.717) is 0 Å². The number of rotatable bonds is 4. The number of nitrogens with one attached hydrogen (secondary N) is 1. The highest BCUT2D eigenvalue weighted by Crippen LogP contribution is 2.28. The molecule has 0 fully saturated rings. The van der Waals surface area contributed by atoms with E-state index >= 15 is 0 Å². The predicted octanol–water partition coefficient (Wildman–Crippen LogP) is 1.59. The molecule has 1 atom stereocenters. The zero-order chi connectivity index (χ0) is 13.0. The first-order valence-corrected chi connectivity index (χ1v) is 6.53. The number of hydrogen-bond donors (Lipinski definition) is 1. The molecule has 96 valence electrons. The largest absolute Gasteiger partial charge is 0.308 e. The molecule has 1 aliphatic carbocycles. The van der Waals surface area contributed by atoms with E-state index in [-0.39, 0.29) is 5.54 Å². The minimum Gasteiger partial charge on any atom is -0.308 e. The Morgan fingerprint density at radius 1 is 1.33 bits per heavy atom.